The molecule has 0 aliphatic rings. The van der Waals surface area contributed by atoms with Crippen LogP contribution in [0.3, 0.4) is 0 Å². The maximum absolute atomic E-state index is 12.0. The summed E-state index contributed by atoms with van der Waals surface area (Å²) in [6, 6.07) is 3.23. The third kappa shape index (κ3) is 3.56. The number of aromatic nitrogens is 4. The minimum Gasteiger partial charge on any atom is -0.326 e. The molecule has 2 rings (SSSR count). The van der Waals surface area contributed by atoms with Gasteiger partial charge in [-0.2, -0.15) is 5.10 Å². The first-order chi connectivity index (χ1) is 8.98. The molecule has 2 aromatic rings. The molecule has 0 saturated heterocycles. The number of carbonyl (C=O) groups excluding carboxylic acids is 1. The summed E-state index contributed by atoms with van der Waals surface area (Å²) < 4.78 is -0.521. The molecule has 9 heteroatoms. The van der Waals surface area contributed by atoms with Gasteiger partial charge in [-0.3, -0.25) is 9.78 Å². The van der Waals surface area contributed by atoms with Crippen LogP contribution in [0.5, 0.6) is 0 Å². The van der Waals surface area contributed by atoms with Crippen LogP contribution in [0.2, 0.25) is 0 Å². The third-order valence-corrected chi connectivity index (χ3v) is 2.82. The molecule has 0 aliphatic heterocycles. The summed E-state index contributed by atoms with van der Waals surface area (Å²) in [4.78, 5) is 19.6. The number of nitrogens with one attached hydrogen (secondary N) is 1. The standard InChI is InChI=1S/C10H8Cl3N5O/c11-10(12,13)9(18-6-15-5-16-18)17-8(19)7-2-1-3-14-4-7/h1-6,9H,(H,17,19)/t9-/m0/s1. The summed E-state index contributed by atoms with van der Waals surface area (Å²) in [6.07, 6.45) is 4.61. The van der Waals surface area contributed by atoms with Crippen LogP contribution in [0.15, 0.2) is 37.2 Å². The van der Waals surface area contributed by atoms with Gasteiger partial charge in [-0.05, 0) is 12.1 Å². The second-order valence-electron chi connectivity index (χ2n) is 3.53. The fourth-order valence-corrected chi connectivity index (χ4v) is 1.82. The zero-order chi connectivity index (χ0) is 13.9. The number of carbonyl (C=O) groups is 1. The number of rotatable bonds is 3. The second kappa shape index (κ2) is 5.73. The van der Waals surface area contributed by atoms with E-state index in [2.05, 4.69) is 20.4 Å². The molecule has 0 aromatic carbocycles. The molecule has 0 aliphatic carbocycles. The third-order valence-electron chi connectivity index (χ3n) is 2.20. The van der Waals surface area contributed by atoms with Crippen LogP contribution in [0.4, 0.5) is 0 Å². The van der Waals surface area contributed by atoms with Gasteiger partial charge in [-0.25, -0.2) is 9.67 Å². The molecule has 0 bridgehead atoms. The molecule has 2 aromatic heterocycles. The lowest BCUT2D eigenvalue weighted by molar-refractivity contribution is 0.0916. The fraction of sp³-hybridized carbons (Fsp3) is 0.200. The van der Waals surface area contributed by atoms with E-state index in [-0.39, 0.29) is 0 Å². The van der Waals surface area contributed by atoms with Crippen molar-refractivity contribution < 1.29 is 4.79 Å². The summed E-state index contributed by atoms with van der Waals surface area (Å²) >= 11 is 17.5. The quantitative estimate of drug-likeness (QED) is 0.878. The summed E-state index contributed by atoms with van der Waals surface area (Å²) in [5.74, 6) is -0.431. The van der Waals surface area contributed by atoms with Crippen LogP contribution in [-0.2, 0) is 0 Å². The maximum Gasteiger partial charge on any atom is 0.254 e. The molecule has 0 saturated carbocycles. The Balaban J connectivity index is 2.21. The van der Waals surface area contributed by atoms with Crippen molar-refractivity contribution in [3.05, 3.63) is 42.7 Å². The van der Waals surface area contributed by atoms with E-state index >= 15 is 0 Å². The number of alkyl halides is 3. The highest BCUT2D eigenvalue weighted by molar-refractivity contribution is 6.67. The van der Waals surface area contributed by atoms with E-state index < -0.39 is 15.9 Å². The average molecular weight is 321 g/mol. The van der Waals surface area contributed by atoms with Crippen molar-refractivity contribution in [3.8, 4) is 0 Å². The average Bonchev–Trinajstić information content (AvgIpc) is 2.88. The van der Waals surface area contributed by atoms with Gasteiger partial charge in [0.1, 0.15) is 12.7 Å². The van der Waals surface area contributed by atoms with E-state index in [9.17, 15) is 4.79 Å². The highest BCUT2D eigenvalue weighted by Crippen LogP contribution is 2.36. The number of pyridine rings is 1. The molecule has 2 heterocycles. The largest absolute Gasteiger partial charge is 0.326 e. The van der Waals surface area contributed by atoms with Crippen molar-refractivity contribution in [1.29, 1.82) is 0 Å². The van der Waals surface area contributed by atoms with Gasteiger partial charge >= 0.3 is 0 Å². The van der Waals surface area contributed by atoms with Crippen LogP contribution < -0.4 is 5.32 Å². The van der Waals surface area contributed by atoms with Crippen LogP contribution in [-0.4, -0.2) is 29.4 Å². The first kappa shape index (κ1) is 14.0. The molecule has 6 nitrogen and oxygen atoms in total. The van der Waals surface area contributed by atoms with Crippen molar-refractivity contribution in [3.63, 3.8) is 0 Å². The van der Waals surface area contributed by atoms with E-state index in [4.69, 9.17) is 34.8 Å². The van der Waals surface area contributed by atoms with Gasteiger partial charge in [0.15, 0.2) is 6.17 Å². The van der Waals surface area contributed by atoms with Gasteiger partial charge in [0, 0.05) is 12.4 Å². The zero-order valence-corrected chi connectivity index (χ0v) is 11.6. The normalized spacial score (nSPS) is 13.0. The number of hydrogen-bond donors (Lipinski definition) is 1. The number of nitrogens with zero attached hydrogens (tertiary/aromatic N) is 4. The monoisotopic (exact) mass is 319 g/mol. The van der Waals surface area contributed by atoms with Crippen LogP contribution in [0.25, 0.3) is 0 Å². The number of hydrogen-bond acceptors (Lipinski definition) is 4. The van der Waals surface area contributed by atoms with E-state index in [1.165, 1.54) is 23.5 Å². The van der Waals surface area contributed by atoms with E-state index in [1.54, 1.807) is 18.3 Å². The first-order valence-corrected chi connectivity index (χ1v) is 6.23. The smallest absolute Gasteiger partial charge is 0.254 e. The predicted molar refractivity (Wildman–Crippen MR) is 71.1 cm³/mol. The molecule has 1 atom stereocenters. The minimum atomic E-state index is -1.77. The Kier molecular flexibility index (Phi) is 4.24. The Morgan fingerprint density at radius 2 is 2.16 bits per heavy atom. The Labute approximate surface area is 123 Å². The molecule has 19 heavy (non-hydrogen) atoms. The Hall–Kier alpha value is -1.37. The summed E-state index contributed by atoms with van der Waals surface area (Å²) in [5.41, 5.74) is 0.349. The van der Waals surface area contributed by atoms with E-state index in [0.29, 0.717) is 5.56 Å². The lowest BCUT2D eigenvalue weighted by Crippen LogP contribution is -2.40. The van der Waals surface area contributed by atoms with Crippen molar-refractivity contribution >= 4 is 40.7 Å². The lowest BCUT2D eigenvalue weighted by Gasteiger charge is -2.25. The molecule has 1 amide bonds. The highest BCUT2D eigenvalue weighted by Gasteiger charge is 2.36. The van der Waals surface area contributed by atoms with Gasteiger partial charge < -0.3 is 5.32 Å². The minimum absolute atomic E-state index is 0.349. The topological polar surface area (TPSA) is 72.7 Å². The van der Waals surface area contributed by atoms with Gasteiger partial charge in [-0.15, -0.1) is 0 Å². The SMILES string of the molecule is O=C(N[C@@H](n1cncn1)C(Cl)(Cl)Cl)c1cccnc1. The van der Waals surface area contributed by atoms with Crippen molar-refractivity contribution in [2.45, 2.75) is 9.96 Å². The van der Waals surface area contributed by atoms with E-state index in [0.717, 1.165) is 0 Å². The fourth-order valence-electron chi connectivity index (χ4n) is 1.35. The summed E-state index contributed by atoms with van der Waals surface area (Å²) in [5, 5.41) is 6.41. The summed E-state index contributed by atoms with van der Waals surface area (Å²) in [7, 11) is 0. The van der Waals surface area contributed by atoms with Gasteiger partial charge in [-0.1, -0.05) is 34.8 Å². The molecule has 0 spiro atoms. The molecule has 1 N–H and O–H groups in total. The van der Waals surface area contributed by atoms with Crippen LogP contribution in [0.1, 0.15) is 16.5 Å². The molecular formula is C10H8Cl3N5O. The molecule has 0 unspecified atom stereocenters. The van der Waals surface area contributed by atoms with Crippen molar-refractivity contribution in [2.75, 3.05) is 0 Å². The van der Waals surface area contributed by atoms with Crippen LogP contribution in [0, 0.1) is 0 Å². The van der Waals surface area contributed by atoms with Crippen LogP contribution >= 0.6 is 34.8 Å². The number of amides is 1. The van der Waals surface area contributed by atoms with Gasteiger partial charge in [0.2, 0.25) is 3.79 Å². The lowest BCUT2D eigenvalue weighted by atomic mass is 10.2. The van der Waals surface area contributed by atoms with Crippen molar-refractivity contribution in [2.24, 2.45) is 0 Å². The number of halogens is 3. The first-order valence-electron chi connectivity index (χ1n) is 5.10. The van der Waals surface area contributed by atoms with Gasteiger partial charge in [0.25, 0.3) is 5.91 Å². The van der Waals surface area contributed by atoms with E-state index in [1.807, 2.05) is 0 Å². The van der Waals surface area contributed by atoms with Gasteiger partial charge in [0.05, 0.1) is 5.56 Å². The predicted octanol–water partition coefficient (Wildman–Crippen LogP) is 1.97. The Bertz CT molecular complexity index is 540. The Morgan fingerprint density at radius 3 is 2.68 bits per heavy atom. The highest BCUT2D eigenvalue weighted by atomic mass is 35.6. The maximum atomic E-state index is 12.0. The summed E-state index contributed by atoms with van der Waals surface area (Å²) in [6.45, 7) is 0. The van der Waals surface area contributed by atoms with Crippen molar-refractivity contribution in [1.82, 2.24) is 25.1 Å². The molecule has 0 radical (unpaired) electrons. The molecule has 0 fully saturated rings. The second-order valence-corrected chi connectivity index (χ2v) is 5.90. The zero-order valence-electron chi connectivity index (χ0n) is 9.37. The Morgan fingerprint density at radius 1 is 1.37 bits per heavy atom. The molecular weight excluding hydrogens is 313 g/mol. The molecule has 100 valence electrons.